The topological polar surface area (TPSA) is 129 Å². The molecule has 3 N–H and O–H groups in total. The molecule has 19 heavy (non-hydrogen) atoms. The van der Waals surface area contributed by atoms with E-state index in [9.17, 15) is 19.2 Å². The van der Waals surface area contributed by atoms with Crippen molar-refractivity contribution >= 4 is 41.1 Å². The van der Waals surface area contributed by atoms with E-state index in [0.717, 1.165) is 13.2 Å². The fourth-order valence-corrected chi connectivity index (χ4v) is 1.24. The van der Waals surface area contributed by atoms with E-state index >= 15 is 0 Å². The summed E-state index contributed by atoms with van der Waals surface area (Å²) in [5.74, 6) is -2.20. The molecular formula is C10H12MgN2O6. The number of ether oxygens (including phenoxy) is 1. The molecule has 1 aromatic heterocycles. The lowest BCUT2D eigenvalue weighted by molar-refractivity contribution is -0.135. The van der Waals surface area contributed by atoms with Crippen molar-refractivity contribution in [2.75, 3.05) is 7.11 Å². The molecule has 0 aliphatic rings. The fraction of sp³-hybridized carbons (Fsp3) is 0.200. The molecule has 0 atom stereocenters. The minimum atomic E-state index is -1.48. The Morgan fingerprint density at radius 2 is 1.84 bits per heavy atom. The number of nitrogens with one attached hydrogen (secondary N) is 2. The van der Waals surface area contributed by atoms with Crippen molar-refractivity contribution in [1.82, 2.24) is 9.97 Å². The third-order valence-corrected chi connectivity index (χ3v) is 2.06. The highest BCUT2D eigenvalue weighted by Gasteiger charge is 2.15. The van der Waals surface area contributed by atoms with Gasteiger partial charge in [-0.3, -0.25) is 9.78 Å². The summed E-state index contributed by atoms with van der Waals surface area (Å²) in [7, 11) is 1.15. The van der Waals surface area contributed by atoms with E-state index in [1.54, 1.807) is 0 Å². The average Bonchev–Trinajstić information content (AvgIpc) is 2.30. The van der Waals surface area contributed by atoms with E-state index in [0.29, 0.717) is 0 Å². The third-order valence-electron chi connectivity index (χ3n) is 2.06. The molecule has 0 spiro atoms. The van der Waals surface area contributed by atoms with Gasteiger partial charge in [-0.1, -0.05) is 0 Å². The SMILES string of the molecule is COC(=O)C(C)=Cc1c(C(=O)O)[nH]c(=O)[nH]c1=O.[MgH2]. The largest absolute Gasteiger partial charge is 0.477 e. The summed E-state index contributed by atoms with van der Waals surface area (Å²) >= 11 is 0. The van der Waals surface area contributed by atoms with Gasteiger partial charge < -0.3 is 14.8 Å². The molecule has 0 unspecified atom stereocenters. The minimum absolute atomic E-state index is 0. The number of carbonyl (C=O) groups excluding carboxylic acids is 1. The molecule has 0 saturated carbocycles. The molecule has 0 aliphatic carbocycles. The van der Waals surface area contributed by atoms with Crippen LogP contribution in [0.15, 0.2) is 15.2 Å². The summed E-state index contributed by atoms with van der Waals surface area (Å²) in [5, 5.41) is 8.85. The molecule has 0 bridgehead atoms. The molecule has 1 rings (SSSR count). The van der Waals surface area contributed by atoms with Gasteiger partial charge in [0.1, 0.15) is 5.69 Å². The number of aromatic amines is 2. The van der Waals surface area contributed by atoms with Gasteiger partial charge in [-0.2, -0.15) is 0 Å². The van der Waals surface area contributed by atoms with E-state index in [-0.39, 0.29) is 34.2 Å². The van der Waals surface area contributed by atoms with Crippen LogP contribution in [-0.4, -0.2) is 57.2 Å². The first-order valence-electron chi connectivity index (χ1n) is 4.73. The Hall–Kier alpha value is -1.87. The van der Waals surface area contributed by atoms with Crippen LogP contribution in [0.5, 0.6) is 0 Å². The van der Waals surface area contributed by atoms with Crippen LogP contribution in [0.3, 0.4) is 0 Å². The van der Waals surface area contributed by atoms with Crippen molar-refractivity contribution in [2.24, 2.45) is 0 Å². The number of rotatable bonds is 3. The van der Waals surface area contributed by atoms with Crippen LogP contribution in [0.4, 0.5) is 0 Å². The highest BCUT2D eigenvalue weighted by molar-refractivity contribution is 5.96. The first kappa shape index (κ1) is 17.1. The molecule has 0 saturated heterocycles. The Morgan fingerprint density at radius 3 is 2.32 bits per heavy atom. The number of hydrogen-bond acceptors (Lipinski definition) is 5. The Morgan fingerprint density at radius 1 is 1.26 bits per heavy atom. The second-order valence-corrected chi connectivity index (χ2v) is 3.32. The van der Waals surface area contributed by atoms with Gasteiger partial charge in [-0.25, -0.2) is 14.4 Å². The van der Waals surface area contributed by atoms with Crippen molar-refractivity contribution in [1.29, 1.82) is 0 Å². The predicted octanol–water partition coefficient (Wildman–Crippen LogP) is -1.58. The molecule has 1 heterocycles. The predicted molar refractivity (Wildman–Crippen MR) is 68.9 cm³/mol. The van der Waals surface area contributed by atoms with E-state index < -0.39 is 28.9 Å². The highest BCUT2D eigenvalue weighted by atomic mass is 24.3. The van der Waals surface area contributed by atoms with Crippen molar-refractivity contribution in [3.8, 4) is 0 Å². The van der Waals surface area contributed by atoms with E-state index in [4.69, 9.17) is 5.11 Å². The number of carbonyl (C=O) groups is 2. The van der Waals surface area contributed by atoms with Crippen LogP contribution in [0.25, 0.3) is 6.08 Å². The molecule has 8 nitrogen and oxygen atoms in total. The Balaban J connectivity index is 0.00000324. The Labute approximate surface area is 122 Å². The number of H-pyrrole nitrogens is 2. The monoisotopic (exact) mass is 280 g/mol. The zero-order valence-electron chi connectivity index (χ0n) is 9.57. The van der Waals surface area contributed by atoms with Crippen molar-refractivity contribution in [3.05, 3.63) is 37.7 Å². The highest BCUT2D eigenvalue weighted by Crippen LogP contribution is 2.06. The second kappa shape index (κ2) is 6.90. The normalized spacial score (nSPS) is 10.5. The van der Waals surface area contributed by atoms with Crippen molar-refractivity contribution in [3.63, 3.8) is 0 Å². The molecule has 0 radical (unpaired) electrons. The van der Waals surface area contributed by atoms with Crippen LogP contribution >= 0.6 is 0 Å². The maximum atomic E-state index is 11.5. The lowest BCUT2D eigenvalue weighted by Crippen LogP contribution is -2.28. The number of esters is 1. The molecule has 100 valence electrons. The fourth-order valence-electron chi connectivity index (χ4n) is 1.24. The molecule has 1 aromatic rings. The molecule has 0 aromatic carbocycles. The van der Waals surface area contributed by atoms with Gasteiger partial charge in [-0.15, -0.1) is 0 Å². The van der Waals surface area contributed by atoms with Crippen molar-refractivity contribution in [2.45, 2.75) is 6.92 Å². The first-order valence-corrected chi connectivity index (χ1v) is 4.73. The molecule has 0 aliphatic heterocycles. The smallest absolute Gasteiger partial charge is 0.353 e. The average molecular weight is 281 g/mol. The van der Waals surface area contributed by atoms with E-state index in [2.05, 4.69) is 4.74 Å². The lowest BCUT2D eigenvalue weighted by atomic mass is 10.1. The van der Waals surface area contributed by atoms with Gasteiger partial charge in [0, 0.05) is 5.57 Å². The van der Waals surface area contributed by atoms with Crippen molar-refractivity contribution < 1.29 is 19.4 Å². The van der Waals surface area contributed by atoms with Gasteiger partial charge in [0.2, 0.25) is 0 Å². The lowest BCUT2D eigenvalue weighted by Gasteiger charge is -2.01. The summed E-state index contributed by atoms with van der Waals surface area (Å²) in [4.78, 5) is 48.3. The third kappa shape index (κ3) is 4.07. The maximum Gasteiger partial charge on any atom is 0.353 e. The van der Waals surface area contributed by atoms with E-state index in [1.165, 1.54) is 6.92 Å². The van der Waals surface area contributed by atoms with Crippen LogP contribution in [0.1, 0.15) is 23.0 Å². The Kier molecular flexibility index (Phi) is 6.22. The molecule has 0 amide bonds. The number of aromatic nitrogens is 2. The second-order valence-electron chi connectivity index (χ2n) is 3.32. The van der Waals surface area contributed by atoms with Gasteiger partial charge in [0.15, 0.2) is 0 Å². The number of methoxy groups -OCH3 is 1. The molecule has 9 heteroatoms. The number of aromatic carboxylic acids is 1. The zero-order chi connectivity index (χ0) is 13.9. The zero-order valence-corrected chi connectivity index (χ0v) is 9.57. The summed E-state index contributed by atoms with van der Waals surface area (Å²) < 4.78 is 4.41. The molecular weight excluding hydrogens is 268 g/mol. The van der Waals surface area contributed by atoms with Gasteiger partial charge in [-0.05, 0) is 13.0 Å². The quantitative estimate of drug-likeness (QED) is 0.348. The standard InChI is InChI=1S/C10H10N2O6.Mg.2H/c1-4(9(16)18-2)3-5-6(8(14)15)11-10(17)12-7(5)13;;;/h3H,1-2H3,(H,14,15)(H2,11,12,13,17);;;. The number of carboxylic acid groups (broad SMARTS) is 1. The van der Waals surface area contributed by atoms with Crippen LogP contribution in [0, 0.1) is 0 Å². The number of carboxylic acids is 1. The summed E-state index contributed by atoms with van der Waals surface area (Å²) in [5.41, 5.74) is -2.74. The van der Waals surface area contributed by atoms with Crippen LogP contribution < -0.4 is 11.2 Å². The summed E-state index contributed by atoms with van der Waals surface area (Å²) in [6.07, 6.45) is 1.03. The maximum absolute atomic E-state index is 11.5. The van der Waals surface area contributed by atoms with E-state index in [1.807, 2.05) is 9.97 Å². The van der Waals surface area contributed by atoms with Crippen LogP contribution in [0.2, 0.25) is 0 Å². The first-order chi connectivity index (χ1) is 8.36. The number of hydrogen-bond donors (Lipinski definition) is 3. The van der Waals surface area contributed by atoms with Crippen LogP contribution in [-0.2, 0) is 9.53 Å². The minimum Gasteiger partial charge on any atom is -0.477 e. The Bertz CT molecular complexity index is 642. The van der Waals surface area contributed by atoms with Gasteiger partial charge in [0.25, 0.3) is 5.56 Å². The van der Waals surface area contributed by atoms with Gasteiger partial charge >= 0.3 is 40.7 Å². The summed E-state index contributed by atoms with van der Waals surface area (Å²) in [6.45, 7) is 1.35. The molecule has 0 fully saturated rings. The van der Waals surface area contributed by atoms with Gasteiger partial charge in [0.05, 0.1) is 12.7 Å². The summed E-state index contributed by atoms with van der Waals surface area (Å²) in [6, 6.07) is 0.